The number of amides is 3. The number of hydrogen-bond donors (Lipinski definition) is 4. The van der Waals surface area contributed by atoms with Gasteiger partial charge in [0.05, 0.1) is 53.6 Å². The number of alkyl halides is 2. The van der Waals surface area contributed by atoms with Gasteiger partial charge in [-0.25, -0.2) is 23.1 Å². The number of carbonyl (C=O) groups excluding carboxylic acids is 3. The highest BCUT2D eigenvalue weighted by atomic mass is 19.3. The molecule has 9 rings (SSSR count). The van der Waals surface area contributed by atoms with E-state index in [1.54, 1.807) is 16.9 Å². The van der Waals surface area contributed by atoms with Gasteiger partial charge in [0.2, 0.25) is 11.8 Å². The van der Waals surface area contributed by atoms with Gasteiger partial charge in [-0.05, 0) is 94.9 Å². The van der Waals surface area contributed by atoms with Crippen LogP contribution in [0.15, 0.2) is 47.7 Å². The van der Waals surface area contributed by atoms with Crippen molar-refractivity contribution in [2.75, 3.05) is 56.7 Å². The summed E-state index contributed by atoms with van der Waals surface area (Å²) < 4.78 is 44.6. The molecular weight excluding hydrogens is 861 g/mol. The van der Waals surface area contributed by atoms with Crippen LogP contribution in [-0.4, -0.2) is 126 Å². The fourth-order valence-corrected chi connectivity index (χ4v) is 10.2. The third kappa shape index (κ3) is 9.59. The summed E-state index contributed by atoms with van der Waals surface area (Å²) >= 11 is 0. The van der Waals surface area contributed by atoms with E-state index < -0.39 is 47.6 Å². The van der Waals surface area contributed by atoms with Gasteiger partial charge in [-0.15, -0.1) is 0 Å². The highest BCUT2D eigenvalue weighted by molar-refractivity contribution is 6.08. The van der Waals surface area contributed by atoms with Gasteiger partial charge < -0.3 is 34.7 Å². The normalized spacial score (nSPS) is 22.6. The predicted octanol–water partition coefficient (Wildman–Crippen LogP) is 4.51. The number of para-hydroxylation sites is 1. The van der Waals surface area contributed by atoms with Crippen molar-refractivity contribution >= 4 is 51.9 Å². The quantitative estimate of drug-likeness (QED) is 0.0663. The molecule has 1 saturated carbocycles. The summed E-state index contributed by atoms with van der Waals surface area (Å²) in [7, 11) is 1.92. The molecular formula is C45H55F2N11O8. The minimum absolute atomic E-state index is 0.0561. The van der Waals surface area contributed by atoms with E-state index in [4.69, 9.17) is 14.5 Å². The third-order valence-corrected chi connectivity index (χ3v) is 13.6. The summed E-state index contributed by atoms with van der Waals surface area (Å²) in [4.78, 5) is 74.6. The summed E-state index contributed by atoms with van der Waals surface area (Å²) in [5.41, 5.74) is 1.70. The second-order valence-corrected chi connectivity index (χ2v) is 18.1. The molecule has 3 saturated heterocycles. The summed E-state index contributed by atoms with van der Waals surface area (Å²) in [5, 5.41) is 23.5. The Hall–Kier alpha value is -6.06. The Morgan fingerprint density at radius 3 is 2.64 bits per heavy atom. The van der Waals surface area contributed by atoms with Crippen LogP contribution in [0.1, 0.15) is 104 Å². The van der Waals surface area contributed by atoms with Crippen LogP contribution in [-0.2, 0) is 30.3 Å². The highest BCUT2D eigenvalue weighted by Crippen LogP contribution is 2.36. The molecule has 1 aromatic carbocycles. The van der Waals surface area contributed by atoms with Crippen molar-refractivity contribution in [2.45, 2.75) is 101 Å². The van der Waals surface area contributed by atoms with E-state index in [0.29, 0.717) is 106 Å². The van der Waals surface area contributed by atoms with Crippen LogP contribution in [0.25, 0.3) is 16.7 Å². The van der Waals surface area contributed by atoms with E-state index in [1.165, 1.54) is 21.5 Å². The Bertz CT molecular complexity index is 2650. The topological polar surface area (TPSA) is 223 Å². The van der Waals surface area contributed by atoms with Crippen molar-refractivity contribution in [1.82, 2.24) is 44.1 Å². The first kappa shape index (κ1) is 45.1. The maximum atomic E-state index is 14.3. The monoisotopic (exact) mass is 915 g/mol. The fraction of sp³-hybridized carbons (Fsp3) is 0.556. The van der Waals surface area contributed by atoms with Gasteiger partial charge in [0, 0.05) is 51.7 Å². The highest BCUT2D eigenvalue weighted by Gasteiger charge is 2.40. The number of nitrogens with one attached hydrogen (secondary N) is 3. The Kier molecular flexibility index (Phi) is 13.3. The summed E-state index contributed by atoms with van der Waals surface area (Å²) in [5.74, 6) is -1.87. The van der Waals surface area contributed by atoms with Crippen molar-refractivity contribution in [3.63, 3.8) is 0 Å². The number of carbonyl (C=O) groups is 4. The molecule has 4 aliphatic rings. The predicted molar refractivity (Wildman–Crippen MR) is 236 cm³/mol. The number of halogens is 2. The zero-order chi connectivity index (χ0) is 46.1. The average molecular weight is 916 g/mol. The van der Waals surface area contributed by atoms with Crippen LogP contribution in [0.3, 0.4) is 0 Å². The molecule has 4 aromatic heterocycles. The first-order valence-corrected chi connectivity index (χ1v) is 22.9. The number of imide groups is 1. The van der Waals surface area contributed by atoms with Crippen LogP contribution < -0.4 is 21.2 Å². The van der Waals surface area contributed by atoms with Gasteiger partial charge in [0.1, 0.15) is 17.4 Å². The van der Waals surface area contributed by atoms with Crippen LogP contribution in [0.2, 0.25) is 0 Å². The molecule has 4 fully saturated rings. The van der Waals surface area contributed by atoms with Gasteiger partial charge in [-0.1, -0.05) is 12.1 Å². The molecule has 2 unspecified atom stereocenters. The lowest BCUT2D eigenvalue weighted by Crippen LogP contribution is -2.43. The Balaban J connectivity index is 0.709. The molecule has 0 spiro atoms. The van der Waals surface area contributed by atoms with E-state index in [9.17, 15) is 37.9 Å². The second kappa shape index (κ2) is 19.4. The molecule has 7 heterocycles. The molecule has 4 atom stereocenters. The maximum absolute atomic E-state index is 14.3. The van der Waals surface area contributed by atoms with Gasteiger partial charge in [-0.3, -0.25) is 33.7 Å². The number of nitrogens with zero attached hydrogens (tertiary/aromatic N) is 8. The first-order chi connectivity index (χ1) is 31.9. The number of morpholine rings is 1. The molecule has 66 heavy (non-hydrogen) atoms. The smallest absolute Gasteiger partial charge is 0.327 e. The SMILES string of the molecule is CN(CC1CCC(n2cc(NC(=O)c3cnn4ccc(N5C[C@H]6C[C@@H]5CO6)nc34)c(C(F)F)n2)CC1)CC(CCCOCCCc1cccc2c1[nH]c(=O)n2C1CCC(=O)NC1=O)C(=O)O. The number of piperidine rings is 1. The van der Waals surface area contributed by atoms with E-state index >= 15 is 0 Å². The third-order valence-electron chi connectivity index (χ3n) is 13.6. The number of benzene rings is 1. The Morgan fingerprint density at radius 1 is 1.08 bits per heavy atom. The molecule has 2 bridgehead atoms. The second-order valence-electron chi connectivity index (χ2n) is 18.1. The Labute approximate surface area is 377 Å². The number of fused-ring (bicyclic) bond motifs is 4. The Morgan fingerprint density at radius 2 is 1.89 bits per heavy atom. The largest absolute Gasteiger partial charge is 0.481 e. The van der Waals surface area contributed by atoms with Gasteiger partial charge in [0.25, 0.3) is 12.3 Å². The van der Waals surface area contributed by atoms with E-state index in [2.05, 4.69) is 35.6 Å². The molecule has 21 heteroatoms. The maximum Gasteiger partial charge on any atom is 0.327 e. The molecule has 1 aliphatic carbocycles. The van der Waals surface area contributed by atoms with Crippen molar-refractivity contribution in [2.24, 2.45) is 11.8 Å². The number of imidazole rings is 1. The number of carboxylic acids is 1. The molecule has 4 N–H and O–H groups in total. The molecule has 352 valence electrons. The summed E-state index contributed by atoms with van der Waals surface area (Å²) in [6.07, 6.45) is 8.54. The van der Waals surface area contributed by atoms with Crippen molar-refractivity contribution in [3.8, 4) is 0 Å². The number of aryl methyl sites for hydroxylation is 1. The summed E-state index contributed by atoms with van der Waals surface area (Å²) in [6, 6.07) is 6.71. The summed E-state index contributed by atoms with van der Waals surface area (Å²) in [6.45, 7) is 3.28. The van der Waals surface area contributed by atoms with Crippen molar-refractivity contribution in [3.05, 3.63) is 70.2 Å². The van der Waals surface area contributed by atoms with E-state index in [1.807, 2.05) is 25.2 Å². The number of aromatic amines is 1. The number of hydrogen-bond acceptors (Lipinski definition) is 12. The number of carboxylic acid groups (broad SMARTS) is 1. The zero-order valence-electron chi connectivity index (χ0n) is 36.7. The van der Waals surface area contributed by atoms with Crippen molar-refractivity contribution < 1.29 is 42.5 Å². The molecule has 5 aromatic rings. The van der Waals surface area contributed by atoms with E-state index in [-0.39, 0.29) is 48.2 Å². The number of aromatic nitrogens is 7. The number of ether oxygens (including phenoxy) is 2. The lowest BCUT2D eigenvalue weighted by molar-refractivity contribution is -0.143. The molecule has 3 aliphatic heterocycles. The van der Waals surface area contributed by atoms with E-state index in [0.717, 1.165) is 24.8 Å². The average Bonchev–Trinajstić information content (AvgIpc) is 4.15. The molecule has 3 amide bonds. The van der Waals surface area contributed by atoms with Crippen LogP contribution in [0.4, 0.5) is 20.3 Å². The number of anilines is 2. The lowest BCUT2D eigenvalue weighted by Gasteiger charge is -2.32. The number of aliphatic carboxylic acids is 1. The number of H-pyrrole nitrogens is 1. The van der Waals surface area contributed by atoms with Gasteiger partial charge in [-0.2, -0.15) is 10.2 Å². The minimum Gasteiger partial charge on any atom is -0.481 e. The van der Waals surface area contributed by atoms with Crippen LogP contribution in [0, 0.1) is 11.8 Å². The standard InChI is InChI=1S/C45H55F2N11O8/c1-54(22-28(44(62)63)7-4-18-65-17-3-6-27-5-2-8-34-38(27)52-45(64)58(34)35-13-14-37(59)51-43(35)61)21-26-9-11-29(12-10-26)57-24-33(39(53-57)40(46)47)49-42(60)32-20-48-56-16-15-36(50-41(32)56)55-23-31-19-30(55)25-66-31/h2,5,8,15-16,20,24,26,28-31,35,40H,3-4,6-7,9-14,17-19,21-23,25H2,1H3,(H,49,60)(H,52,64)(H,62,63)(H,51,59,61)/t26?,28?,29?,30-,31-,35?/m1/s1. The molecule has 0 radical (unpaired) electrons. The zero-order valence-corrected chi connectivity index (χ0v) is 36.7. The van der Waals surface area contributed by atoms with Gasteiger partial charge >= 0.3 is 11.7 Å². The van der Waals surface area contributed by atoms with Gasteiger partial charge in [0.15, 0.2) is 11.3 Å². The lowest BCUT2D eigenvalue weighted by atomic mass is 9.85. The minimum atomic E-state index is -2.91. The van der Waals surface area contributed by atoms with Crippen molar-refractivity contribution in [1.29, 1.82) is 0 Å². The fourth-order valence-electron chi connectivity index (χ4n) is 10.2. The van der Waals surface area contributed by atoms with Crippen LogP contribution in [0.5, 0.6) is 0 Å². The first-order valence-electron chi connectivity index (χ1n) is 22.9. The molecule has 19 nitrogen and oxygen atoms in total. The van der Waals surface area contributed by atoms with Crippen LogP contribution >= 0.6 is 0 Å². The number of rotatable bonds is 19.